The number of carbonyl (C=O) groups is 2. The van der Waals surface area contributed by atoms with Gasteiger partial charge in [0.2, 0.25) is 0 Å². The number of anilines is 1. The summed E-state index contributed by atoms with van der Waals surface area (Å²) in [7, 11) is 0. The molecule has 0 spiro atoms. The Labute approximate surface area is 121 Å². The molecule has 0 aliphatic rings. The lowest BCUT2D eigenvalue weighted by Gasteiger charge is -2.07. The highest BCUT2D eigenvalue weighted by Gasteiger charge is 2.10. The minimum atomic E-state index is -0.228. The molecule has 0 bridgehead atoms. The lowest BCUT2D eigenvalue weighted by atomic mass is 10.1. The predicted molar refractivity (Wildman–Crippen MR) is 79.6 cm³/mol. The molecule has 1 amide bonds. The van der Waals surface area contributed by atoms with Gasteiger partial charge in [0.05, 0.1) is 0 Å². The predicted octanol–water partition coefficient (Wildman–Crippen LogP) is 2.79. The molecule has 0 aliphatic carbocycles. The Bertz CT molecular complexity index is 819. The van der Waals surface area contributed by atoms with Crippen molar-refractivity contribution in [1.29, 1.82) is 0 Å². The van der Waals surface area contributed by atoms with E-state index in [9.17, 15) is 9.59 Å². The summed E-state index contributed by atoms with van der Waals surface area (Å²) in [4.78, 5) is 27.7. The lowest BCUT2D eigenvalue weighted by molar-refractivity contribution is 0.101. The number of Topliss-reactive ketones (excluding diaryl/α,β-unsaturated/α-hetero) is 1. The minimum absolute atomic E-state index is 0.00365. The monoisotopic (exact) mass is 279 g/mol. The van der Waals surface area contributed by atoms with E-state index in [0.717, 1.165) is 5.65 Å². The number of pyridine rings is 1. The molecule has 0 saturated heterocycles. The van der Waals surface area contributed by atoms with Crippen LogP contribution in [0.4, 0.5) is 5.69 Å². The largest absolute Gasteiger partial charge is 0.321 e. The highest BCUT2D eigenvalue weighted by atomic mass is 16.2. The Morgan fingerprint density at radius 2 is 1.86 bits per heavy atom. The molecule has 21 heavy (non-hydrogen) atoms. The van der Waals surface area contributed by atoms with Crippen LogP contribution in [0.1, 0.15) is 27.8 Å². The van der Waals surface area contributed by atoms with E-state index in [0.29, 0.717) is 16.9 Å². The van der Waals surface area contributed by atoms with E-state index in [-0.39, 0.29) is 11.7 Å². The third-order valence-corrected chi connectivity index (χ3v) is 3.21. The van der Waals surface area contributed by atoms with Crippen molar-refractivity contribution in [2.45, 2.75) is 6.92 Å². The molecule has 2 aromatic heterocycles. The summed E-state index contributed by atoms with van der Waals surface area (Å²) in [6.45, 7) is 1.51. The zero-order chi connectivity index (χ0) is 14.8. The molecule has 2 heterocycles. The van der Waals surface area contributed by atoms with Crippen molar-refractivity contribution < 1.29 is 9.59 Å². The number of benzene rings is 1. The van der Waals surface area contributed by atoms with Crippen molar-refractivity contribution in [3.8, 4) is 0 Å². The van der Waals surface area contributed by atoms with Gasteiger partial charge in [0, 0.05) is 23.6 Å². The number of rotatable bonds is 3. The number of carbonyl (C=O) groups excluding carboxylic acids is 2. The van der Waals surface area contributed by atoms with Gasteiger partial charge in [0.25, 0.3) is 5.91 Å². The van der Waals surface area contributed by atoms with E-state index in [1.54, 1.807) is 53.2 Å². The van der Waals surface area contributed by atoms with Crippen molar-refractivity contribution in [3.63, 3.8) is 0 Å². The van der Waals surface area contributed by atoms with Crippen molar-refractivity contribution in [1.82, 2.24) is 9.38 Å². The van der Waals surface area contributed by atoms with Gasteiger partial charge in [-0.25, -0.2) is 4.98 Å². The first kappa shape index (κ1) is 13.1. The normalized spacial score (nSPS) is 10.5. The fourth-order valence-corrected chi connectivity index (χ4v) is 2.12. The first-order chi connectivity index (χ1) is 10.1. The molecule has 1 N–H and O–H groups in total. The van der Waals surface area contributed by atoms with Gasteiger partial charge in [-0.1, -0.05) is 6.07 Å². The van der Waals surface area contributed by atoms with E-state index in [1.165, 1.54) is 6.92 Å². The second-order valence-electron chi connectivity index (χ2n) is 4.65. The summed E-state index contributed by atoms with van der Waals surface area (Å²) in [6.07, 6.45) is 3.39. The molecular weight excluding hydrogens is 266 g/mol. The van der Waals surface area contributed by atoms with Crippen LogP contribution in [0, 0.1) is 0 Å². The molecular formula is C16H13N3O2. The molecule has 0 aliphatic heterocycles. The highest BCUT2D eigenvalue weighted by molar-refractivity contribution is 6.03. The molecule has 0 saturated carbocycles. The van der Waals surface area contributed by atoms with Crippen LogP contribution in [0.3, 0.4) is 0 Å². The Balaban J connectivity index is 1.86. The first-order valence-electron chi connectivity index (χ1n) is 6.49. The molecule has 5 nitrogen and oxygen atoms in total. The summed E-state index contributed by atoms with van der Waals surface area (Å²) < 4.78 is 1.72. The van der Waals surface area contributed by atoms with Crippen molar-refractivity contribution in [3.05, 3.63) is 66.1 Å². The maximum atomic E-state index is 12.3. The smallest absolute Gasteiger partial charge is 0.272 e. The van der Waals surface area contributed by atoms with Gasteiger partial charge in [0.1, 0.15) is 11.3 Å². The minimum Gasteiger partial charge on any atom is -0.321 e. The molecule has 104 valence electrons. The number of nitrogens with zero attached hydrogens (tertiary/aromatic N) is 2. The van der Waals surface area contributed by atoms with Crippen LogP contribution in [0.15, 0.2) is 54.9 Å². The maximum absolute atomic E-state index is 12.3. The fourth-order valence-electron chi connectivity index (χ4n) is 2.12. The molecule has 0 fully saturated rings. The van der Waals surface area contributed by atoms with E-state index in [4.69, 9.17) is 0 Å². The molecule has 0 unspecified atom stereocenters. The van der Waals surface area contributed by atoms with Gasteiger partial charge in [-0.2, -0.15) is 0 Å². The summed E-state index contributed by atoms with van der Waals surface area (Å²) in [5, 5.41) is 2.81. The topological polar surface area (TPSA) is 63.5 Å². The summed E-state index contributed by atoms with van der Waals surface area (Å²) in [5.74, 6) is -0.231. The van der Waals surface area contributed by atoms with Crippen LogP contribution in [-0.4, -0.2) is 21.1 Å². The second-order valence-corrected chi connectivity index (χ2v) is 4.65. The van der Waals surface area contributed by atoms with Gasteiger partial charge in [0.15, 0.2) is 5.78 Å². The fraction of sp³-hybridized carbons (Fsp3) is 0.0625. The Morgan fingerprint density at radius 1 is 1.10 bits per heavy atom. The number of aromatic nitrogens is 2. The lowest BCUT2D eigenvalue weighted by Crippen LogP contribution is -2.15. The number of amides is 1. The molecule has 0 atom stereocenters. The van der Waals surface area contributed by atoms with Crippen LogP contribution in [0.25, 0.3) is 5.65 Å². The molecule has 1 aromatic carbocycles. The van der Waals surface area contributed by atoms with E-state index in [2.05, 4.69) is 10.3 Å². The zero-order valence-corrected chi connectivity index (χ0v) is 11.4. The van der Waals surface area contributed by atoms with Crippen molar-refractivity contribution in [2.24, 2.45) is 0 Å². The van der Waals surface area contributed by atoms with Gasteiger partial charge in [-0.15, -0.1) is 0 Å². The number of hydrogen-bond donors (Lipinski definition) is 1. The summed E-state index contributed by atoms with van der Waals surface area (Å²) in [6, 6.07) is 12.2. The number of fused-ring (bicyclic) bond motifs is 1. The number of imidazole rings is 1. The molecule has 0 radical (unpaired) electrons. The SMILES string of the molecule is CC(=O)c1ccc(NC(=O)c2cccc3nccn23)cc1. The third kappa shape index (κ3) is 2.53. The van der Waals surface area contributed by atoms with Crippen LogP contribution < -0.4 is 5.32 Å². The average Bonchev–Trinajstić information content (AvgIpc) is 2.96. The summed E-state index contributed by atoms with van der Waals surface area (Å²) in [5.41, 5.74) is 2.47. The average molecular weight is 279 g/mol. The standard InChI is InChI=1S/C16H13N3O2/c1-11(20)12-5-7-13(8-6-12)18-16(21)14-3-2-4-15-17-9-10-19(14)15/h2-10H,1H3,(H,18,21). The molecule has 3 rings (SSSR count). The van der Waals surface area contributed by atoms with Gasteiger partial charge < -0.3 is 5.32 Å². The second kappa shape index (κ2) is 5.20. The maximum Gasteiger partial charge on any atom is 0.272 e. The summed E-state index contributed by atoms with van der Waals surface area (Å²) >= 11 is 0. The number of hydrogen-bond acceptors (Lipinski definition) is 3. The van der Waals surface area contributed by atoms with Crippen LogP contribution in [-0.2, 0) is 0 Å². The van der Waals surface area contributed by atoms with Crippen molar-refractivity contribution >= 4 is 23.0 Å². The van der Waals surface area contributed by atoms with Gasteiger partial charge in [-0.05, 0) is 43.3 Å². The van der Waals surface area contributed by atoms with E-state index < -0.39 is 0 Å². The van der Waals surface area contributed by atoms with Crippen molar-refractivity contribution in [2.75, 3.05) is 5.32 Å². The highest BCUT2D eigenvalue weighted by Crippen LogP contribution is 2.13. The third-order valence-electron chi connectivity index (χ3n) is 3.21. The molecule has 3 aromatic rings. The number of nitrogens with one attached hydrogen (secondary N) is 1. The quantitative estimate of drug-likeness (QED) is 0.750. The zero-order valence-electron chi connectivity index (χ0n) is 11.4. The Kier molecular flexibility index (Phi) is 3.23. The number of ketones is 1. The van der Waals surface area contributed by atoms with Crippen LogP contribution in [0.2, 0.25) is 0 Å². The Hall–Kier alpha value is -2.95. The van der Waals surface area contributed by atoms with E-state index in [1.807, 2.05) is 6.07 Å². The van der Waals surface area contributed by atoms with Gasteiger partial charge >= 0.3 is 0 Å². The van der Waals surface area contributed by atoms with E-state index >= 15 is 0 Å². The first-order valence-corrected chi connectivity index (χ1v) is 6.49. The Morgan fingerprint density at radius 3 is 2.57 bits per heavy atom. The molecule has 5 heteroatoms. The van der Waals surface area contributed by atoms with Gasteiger partial charge in [-0.3, -0.25) is 14.0 Å². The van der Waals surface area contributed by atoms with Crippen LogP contribution in [0.5, 0.6) is 0 Å². The van der Waals surface area contributed by atoms with Crippen LogP contribution >= 0.6 is 0 Å².